The first-order valence-electron chi connectivity index (χ1n) is 8.51. The summed E-state index contributed by atoms with van der Waals surface area (Å²) in [5.41, 5.74) is 3.78. The van der Waals surface area contributed by atoms with Gasteiger partial charge in [-0.2, -0.15) is 0 Å². The van der Waals surface area contributed by atoms with Gasteiger partial charge in [-0.05, 0) is 47.2 Å². The van der Waals surface area contributed by atoms with E-state index in [0.29, 0.717) is 13.0 Å². The lowest BCUT2D eigenvalue weighted by Crippen LogP contribution is -2.04. The predicted molar refractivity (Wildman–Crippen MR) is 99.0 cm³/mol. The van der Waals surface area contributed by atoms with E-state index in [1.54, 1.807) is 0 Å². The molecular weight excluding hydrogens is 296 g/mol. The fraction of sp³-hybridized carbons (Fsp3) is 0.227. The van der Waals surface area contributed by atoms with Crippen LogP contribution in [-0.4, -0.2) is 12.6 Å². The summed E-state index contributed by atoms with van der Waals surface area (Å²) in [6, 6.07) is 23.3. The van der Waals surface area contributed by atoms with E-state index in [1.807, 2.05) is 13.0 Å². The maximum absolute atomic E-state index is 11.6. The van der Waals surface area contributed by atoms with Gasteiger partial charge in [0.15, 0.2) is 0 Å². The number of carbonyl (C=O) groups is 1. The molecule has 24 heavy (non-hydrogen) atoms. The summed E-state index contributed by atoms with van der Waals surface area (Å²) in [6.45, 7) is 2.29. The molecule has 0 atom stereocenters. The van der Waals surface area contributed by atoms with E-state index in [9.17, 15) is 4.79 Å². The van der Waals surface area contributed by atoms with Crippen molar-refractivity contribution < 1.29 is 9.53 Å². The van der Waals surface area contributed by atoms with Crippen molar-refractivity contribution in [3.05, 3.63) is 72.3 Å². The lowest BCUT2D eigenvalue weighted by molar-refractivity contribution is -0.143. The van der Waals surface area contributed by atoms with Crippen molar-refractivity contribution in [1.82, 2.24) is 0 Å². The largest absolute Gasteiger partial charge is 0.466 e. The van der Waals surface area contributed by atoms with Crippen LogP contribution >= 0.6 is 0 Å². The van der Waals surface area contributed by atoms with E-state index >= 15 is 0 Å². The standard InChI is InChI=1S/C22H22O2/c1-2-24-21(23)14-8-12-19-16-15-17-9-6-7-13-20(17)22(19)18-10-4-3-5-11-18/h3-7,9-11,13,15-16H,2,8,12,14H2,1H3. The van der Waals surface area contributed by atoms with Gasteiger partial charge in [0, 0.05) is 6.42 Å². The summed E-state index contributed by atoms with van der Waals surface area (Å²) in [5.74, 6) is -0.112. The molecule has 0 saturated heterocycles. The predicted octanol–water partition coefficient (Wildman–Crippen LogP) is 5.39. The van der Waals surface area contributed by atoms with E-state index in [4.69, 9.17) is 4.74 Å². The Labute approximate surface area is 143 Å². The van der Waals surface area contributed by atoms with Crippen LogP contribution in [0.1, 0.15) is 25.3 Å². The van der Waals surface area contributed by atoms with E-state index in [-0.39, 0.29) is 5.97 Å². The number of ether oxygens (including phenoxy) is 1. The third kappa shape index (κ3) is 3.65. The zero-order valence-electron chi connectivity index (χ0n) is 14.0. The second kappa shape index (κ2) is 7.78. The Balaban J connectivity index is 1.94. The first-order chi connectivity index (χ1) is 11.8. The zero-order valence-corrected chi connectivity index (χ0v) is 14.0. The van der Waals surface area contributed by atoms with Gasteiger partial charge in [-0.15, -0.1) is 0 Å². The van der Waals surface area contributed by atoms with Gasteiger partial charge in [-0.1, -0.05) is 66.7 Å². The molecule has 3 aromatic rings. The molecule has 0 heterocycles. The van der Waals surface area contributed by atoms with Crippen LogP contribution in [-0.2, 0) is 16.0 Å². The Hall–Kier alpha value is -2.61. The number of hydrogen-bond acceptors (Lipinski definition) is 2. The second-order valence-electron chi connectivity index (χ2n) is 5.85. The molecule has 0 N–H and O–H groups in total. The number of carbonyl (C=O) groups excluding carboxylic acids is 1. The summed E-state index contributed by atoms with van der Waals surface area (Å²) in [4.78, 5) is 11.6. The SMILES string of the molecule is CCOC(=O)CCCc1ccc2ccccc2c1-c1ccccc1. The van der Waals surface area contributed by atoms with Gasteiger partial charge < -0.3 is 4.74 Å². The molecular formula is C22H22O2. The molecule has 0 amide bonds. The van der Waals surface area contributed by atoms with Crippen molar-refractivity contribution >= 4 is 16.7 Å². The van der Waals surface area contributed by atoms with Crippen molar-refractivity contribution in [3.63, 3.8) is 0 Å². The van der Waals surface area contributed by atoms with Crippen LogP contribution in [0.3, 0.4) is 0 Å². The lowest BCUT2D eigenvalue weighted by Gasteiger charge is -2.14. The molecule has 2 heteroatoms. The minimum absolute atomic E-state index is 0.112. The molecule has 0 aliphatic heterocycles. The van der Waals surface area contributed by atoms with Crippen LogP contribution in [0.5, 0.6) is 0 Å². The smallest absolute Gasteiger partial charge is 0.305 e. The number of rotatable bonds is 6. The van der Waals surface area contributed by atoms with E-state index in [2.05, 4.69) is 60.7 Å². The molecule has 0 aromatic heterocycles. The zero-order chi connectivity index (χ0) is 16.8. The number of esters is 1. The molecule has 3 aromatic carbocycles. The van der Waals surface area contributed by atoms with Crippen LogP contribution in [0.2, 0.25) is 0 Å². The molecule has 0 bridgehead atoms. The second-order valence-corrected chi connectivity index (χ2v) is 5.85. The van der Waals surface area contributed by atoms with E-state index in [0.717, 1.165) is 12.8 Å². The molecule has 0 aliphatic carbocycles. The summed E-state index contributed by atoms with van der Waals surface area (Å²) in [5, 5.41) is 2.50. The maximum Gasteiger partial charge on any atom is 0.305 e. The average molecular weight is 318 g/mol. The topological polar surface area (TPSA) is 26.3 Å². The highest BCUT2D eigenvalue weighted by atomic mass is 16.5. The van der Waals surface area contributed by atoms with Gasteiger partial charge in [0.25, 0.3) is 0 Å². The molecule has 122 valence electrons. The minimum atomic E-state index is -0.112. The highest BCUT2D eigenvalue weighted by Gasteiger charge is 2.10. The fourth-order valence-electron chi connectivity index (χ4n) is 3.13. The van der Waals surface area contributed by atoms with Crippen LogP contribution in [0.4, 0.5) is 0 Å². The Bertz CT molecular complexity index is 822. The van der Waals surface area contributed by atoms with Crippen molar-refractivity contribution in [2.24, 2.45) is 0 Å². The van der Waals surface area contributed by atoms with Crippen molar-refractivity contribution in [2.45, 2.75) is 26.2 Å². The van der Waals surface area contributed by atoms with E-state index < -0.39 is 0 Å². The summed E-state index contributed by atoms with van der Waals surface area (Å²) >= 11 is 0. The van der Waals surface area contributed by atoms with Crippen LogP contribution in [0.15, 0.2) is 66.7 Å². The third-order valence-corrected chi connectivity index (χ3v) is 4.21. The maximum atomic E-state index is 11.6. The highest BCUT2D eigenvalue weighted by Crippen LogP contribution is 2.33. The highest BCUT2D eigenvalue weighted by molar-refractivity contribution is 5.98. The monoisotopic (exact) mass is 318 g/mol. The van der Waals surface area contributed by atoms with E-state index in [1.165, 1.54) is 27.5 Å². The Morgan fingerprint density at radius 3 is 2.46 bits per heavy atom. The average Bonchev–Trinajstić information content (AvgIpc) is 2.62. The number of fused-ring (bicyclic) bond motifs is 1. The van der Waals surface area contributed by atoms with Crippen LogP contribution < -0.4 is 0 Å². The molecule has 0 fully saturated rings. The molecule has 0 unspecified atom stereocenters. The Morgan fingerprint density at radius 2 is 1.67 bits per heavy atom. The number of benzene rings is 3. The molecule has 0 radical (unpaired) electrons. The Kier molecular flexibility index (Phi) is 5.27. The van der Waals surface area contributed by atoms with Crippen molar-refractivity contribution in [3.8, 4) is 11.1 Å². The first-order valence-corrected chi connectivity index (χ1v) is 8.51. The third-order valence-electron chi connectivity index (χ3n) is 4.21. The summed E-state index contributed by atoms with van der Waals surface area (Å²) < 4.78 is 5.03. The Morgan fingerprint density at radius 1 is 0.917 bits per heavy atom. The normalized spacial score (nSPS) is 10.7. The van der Waals surface area contributed by atoms with Gasteiger partial charge in [0.2, 0.25) is 0 Å². The van der Waals surface area contributed by atoms with Crippen molar-refractivity contribution in [2.75, 3.05) is 6.61 Å². The quantitative estimate of drug-likeness (QED) is 0.569. The fourth-order valence-corrected chi connectivity index (χ4v) is 3.13. The molecule has 0 saturated carbocycles. The molecule has 0 spiro atoms. The van der Waals surface area contributed by atoms with Gasteiger partial charge in [0.05, 0.1) is 6.61 Å². The molecule has 0 aliphatic rings. The summed E-state index contributed by atoms with van der Waals surface area (Å²) in [7, 11) is 0. The van der Waals surface area contributed by atoms with Gasteiger partial charge in [0.1, 0.15) is 0 Å². The van der Waals surface area contributed by atoms with Gasteiger partial charge in [-0.25, -0.2) is 0 Å². The van der Waals surface area contributed by atoms with Crippen LogP contribution in [0.25, 0.3) is 21.9 Å². The summed E-state index contributed by atoms with van der Waals surface area (Å²) in [6.07, 6.45) is 2.14. The first kappa shape index (κ1) is 16.3. The van der Waals surface area contributed by atoms with Crippen LogP contribution in [0, 0.1) is 0 Å². The van der Waals surface area contributed by atoms with Crippen molar-refractivity contribution in [1.29, 1.82) is 0 Å². The number of hydrogen-bond donors (Lipinski definition) is 0. The van der Waals surface area contributed by atoms with Gasteiger partial charge >= 0.3 is 5.97 Å². The lowest BCUT2D eigenvalue weighted by atomic mass is 9.91. The van der Waals surface area contributed by atoms with Gasteiger partial charge in [-0.3, -0.25) is 4.79 Å². The molecule has 3 rings (SSSR count). The molecule has 2 nitrogen and oxygen atoms in total. The number of aryl methyl sites for hydroxylation is 1. The minimum Gasteiger partial charge on any atom is -0.466 e.